The molecule has 3 aromatic heterocycles. The quantitative estimate of drug-likeness (QED) is 0.634. The number of hydrogen-bond acceptors (Lipinski definition) is 5. The Kier molecular flexibility index (Phi) is 6.23. The molecule has 0 bridgehead atoms. The topological polar surface area (TPSA) is 81.9 Å². The highest BCUT2D eigenvalue weighted by Crippen LogP contribution is 2.21. The van der Waals surface area contributed by atoms with Crippen LogP contribution in [0.2, 0.25) is 0 Å². The van der Waals surface area contributed by atoms with Crippen LogP contribution in [0.1, 0.15) is 30.7 Å². The van der Waals surface area contributed by atoms with Crippen molar-refractivity contribution >= 4 is 16.8 Å². The summed E-state index contributed by atoms with van der Waals surface area (Å²) in [5.41, 5.74) is 2.59. The highest BCUT2D eigenvalue weighted by atomic mass is 19.4. The van der Waals surface area contributed by atoms with Crippen LogP contribution in [0.4, 0.5) is 13.2 Å². The first-order valence-electron chi connectivity index (χ1n) is 9.36. The van der Waals surface area contributed by atoms with Crippen LogP contribution >= 0.6 is 0 Å². The Balaban J connectivity index is 1.75. The number of carbonyl (C=O) groups excluding carboxylic acids is 1. The summed E-state index contributed by atoms with van der Waals surface area (Å²) in [6.07, 6.45) is 0.590. The van der Waals surface area contributed by atoms with Gasteiger partial charge in [-0.1, -0.05) is 0 Å². The summed E-state index contributed by atoms with van der Waals surface area (Å²) in [6, 6.07) is 3.51. The molecule has 10 heteroatoms. The number of carbonyl (C=O) groups is 1. The van der Waals surface area contributed by atoms with E-state index in [2.05, 4.69) is 20.4 Å². The zero-order valence-corrected chi connectivity index (χ0v) is 16.8. The van der Waals surface area contributed by atoms with Crippen molar-refractivity contribution in [2.45, 2.75) is 46.0 Å². The van der Waals surface area contributed by atoms with Crippen LogP contribution in [-0.4, -0.2) is 44.5 Å². The molecule has 0 atom stereocenters. The lowest BCUT2D eigenvalue weighted by Crippen LogP contribution is -2.31. The molecule has 0 radical (unpaired) electrons. The van der Waals surface area contributed by atoms with Crippen molar-refractivity contribution in [1.82, 2.24) is 25.1 Å². The second-order valence-corrected chi connectivity index (χ2v) is 7.29. The van der Waals surface area contributed by atoms with E-state index in [1.54, 1.807) is 36.1 Å². The average Bonchev–Trinajstić information content (AvgIpc) is 3.03. The SMILES string of the molecule is Cc1cc(Cn2cc3c(CC(=O)NC(C)C)nccc3n2)cnc1OCC(F)(F)F. The fourth-order valence-corrected chi connectivity index (χ4v) is 2.99. The number of hydrogen-bond donors (Lipinski definition) is 1. The Morgan fingerprint density at radius 1 is 1.30 bits per heavy atom. The molecule has 0 saturated carbocycles. The molecule has 3 heterocycles. The molecule has 0 aliphatic heterocycles. The van der Waals surface area contributed by atoms with Crippen LogP contribution in [0, 0.1) is 6.92 Å². The van der Waals surface area contributed by atoms with Crippen molar-refractivity contribution in [1.29, 1.82) is 0 Å². The van der Waals surface area contributed by atoms with Gasteiger partial charge in [0.1, 0.15) is 0 Å². The lowest BCUT2D eigenvalue weighted by molar-refractivity contribution is -0.154. The van der Waals surface area contributed by atoms with Gasteiger partial charge in [0.15, 0.2) is 6.61 Å². The Bertz CT molecular complexity index is 1050. The van der Waals surface area contributed by atoms with Gasteiger partial charge < -0.3 is 10.1 Å². The van der Waals surface area contributed by atoms with Crippen LogP contribution < -0.4 is 10.1 Å². The summed E-state index contributed by atoms with van der Waals surface area (Å²) in [5.74, 6) is -0.170. The van der Waals surface area contributed by atoms with Gasteiger partial charge in [-0.2, -0.15) is 18.3 Å². The second-order valence-electron chi connectivity index (χ2n) is 7.29. The Hall–Kier alpha value is -3.17. The highest BCUT2D eigenvalue weighted by Gasteiger charge is 2.29. The van der Waals surface area contributed by atoms with E-state index < -0.39 is 12.8 Å². The van der Waals surface area contributed by atoms with E-state index >= 15 is 0 Å². The van der Waals surface area contributed by atoms with E-state index in [0.717, 1.165) is 10.9 Å². The van der Waals surface area contributed by atoms with Crippen molar-refractivity contribution < 1.29 is 22.7 Å². The third-order valence-electron chi connectivity index (χ3n) is 4.15. The highest BCUT2D eigenvalue weighted by molar-refractivity contribution is 5.86. The van der Waals surface area contributed by atoms with Crippen LogP contribution in [0.3, 0.4) is 0 Å². The maximum atomic E-state index is 12.3. The molecule has 0 spiro atoms. The summed E-state index contributed by atoms with van der Waals surface area (Å²) in [5, 5.41) is 8.10. The van der Waals surface area contributed by atoms with E-state index in [4.69, 9.17) is 4.74 Å². The van der Waals surface area contributed by atoms with Gasteiger partial charge in [0.05, 0.1) is 24.2 Å². The number of aromatic nitrogens is 4. The first-order chi connectivity index (χ1) is 14.1. The number of pyridine rings is 2. The standard InChI is InChI=1S/C20H22F3N5O2/c1-12(2)26-18(29)7-17-15-10-28(27-16(15)4-5-24-17)9-14-6-13(3)19(25-8-14)30-11-20(21,22)23/h4-6,8,10,12H,7,9,11H2,1-3H3,(H,26,29). The Labute approximate surface area is 171 Å². The molecule has 160 valence electrons. The van der Waals surface area contributed by atoms with Crippen LogP contribution in [0.25, 0.3) is 10.9 Å². The average molecular weight is 421 g/mol. The van der Waals surface area contributed by atoms with Gasteiger partial charge in [0.25, 0.3) is 0 Å². The minimum Gasteiger partial charge on any atom is -0.468 e. The molecule has 0 aliphatic rings. The molecule has 0 aliphatic carbocycles. The number of fused-ring (bicyclic) bond motifs is 1. The number of nitrogens with zero attached hydrogens (tertiary/aromatic N) is 4. The zero-order valence-electron chi connectivity index (χ0n) is 16.8. The molecule has 0 fully saturated rings. The van der Waals surface area contributed by atoms with E-state index in [1.165, 1.54) is 6.20 Å². The van der Waals surface area contributed by atoms with Gasteiger partial charge in [0.2, 0.25) is 11.8 Å². The second kappa shape index (κ2) is 8.68. The summed E-state index contributed by atoms with van der Waals surface area (Å²) < 4.78 is 43.4. The monoisotopic (exact) mass is 421 g/mol. The molecule has 1 amide bonds. The summed E-state index contributed by atoms with van der Waals surface area (Å²) in [6.45, 7) is 4.39. The molecule has 30 heavy (non-hydrogen) atoms. The van der Waals surface area contributed by atoms with Crippen molar-refractivity contribution in [3.63, 3.8) is 0 Å². The minimum absolute atomic E-state index is 0.0400. The molecule has 0 saturated heterocycles. The molecule has 3 rings (SSSR count). The van der Waals surface area contributed by atoms with Gasteiger partial charge in [-0.15, -0.1) is 0 Å². The Morgan fingerprint density at radius 3 is 2.73 bits per heavy atom. The van der Waals surface area contributed by atoms with Crippen LogP contribution in [-0.2, 0) is 17.8 Å². The van der Waals surface area contributed by atoms with Crippen LogP contribution in [0.15, 0.2) is 30.7 Å². The summed E-state index contributed by atoms with van der Waals surface area (Å²) in [4.78, 5) is 20.4. The third kappa shape index (κ3) is 5.68. The van der Waals surface area contributed by atoms with Crippen molar-refractivity contribution in [3.05, 3.63) is 47.5 Å². The van der Waals surface area contributed by atoms with Crippen LogP contribution in [0.5, 0.6) is 5.88 Å². The first-order valence-corrected chi connectivity index (χ1v) is 9.36. The molecule has 3 aromatic rings. The van der Waals surface area contributed by atoms with Gasteiger partial charge in [-0.25, -0.2) is 4.98 Å². The van der Waals surface area contributed by atoms with Gasteiger partial charge >= 0.3 is 6.18 Å². The lowest BCUT2D eigenvalue weighted by Gasteiger charge is -2.11. The van der Waals surface area contributed by atoms with E-state index in [0.29, 0.717) is 23.3 Å². The molecular weight excluding hydrogens is 399 g/mol. The number of nitrogens with one attached hydrogen (secondary N) is 1. The van der Waals surface area contributed by atoms with Gasteiger partial charge in [-0.3, -0.25) is 14.5 Å². The largest absolute Gasteiger partial charge is 0.468 e. The fraction of sp³-hybridized carbons (Fsp3) is 0.400. The lowest BCUT2D eigenvalue weighted by atomic mass is 10.2. The predicted molar refractivity (Wildman–Crippen MR) is 104 cm³/mol. The smallest absolute Gasteiger partial charge is 0.422 e. The van der Waals surface area contributed by atoms with Crippen molar-refractivity contribution in [2.75, 3.05) is 6.61 Å². The normalized spacial score (nSPS) is 11.8. The molecule has 7 nitrogen and oxygen atoms in total. The molecule has 0 aromatic carbocycles. The fourth-order valence-electron chi connectivity index (χ4n) is 2.99. The summed E-state index contributed by atoms with van der Waals surface area (Å²) in [7, 11) is 0. The first kappa shape index (κ1) is 21.5. The van der Waals surface area contributed by atoms with Crippen molar-refractivity contribution in [2.24, 2.45) is 0 Å². The molecular formula is C20H22F3N5O2. The van der Waals surface area contributed by atoms with Crippen molar-refractivity contribution in [3.8, 4) is 5.88 Å². The number of alkyl halides is 3. The number of aryl methyl sites for hydroxylation is 1. The Morgan fingerprint density at radius 2 is 2.07 bits per heavy atom. The van der Waals surface area contributed by atoms with E-state index in [1.807, 2.05) is 13.8 Å². The number of ether oxygens (including phenoxy) is 1. The van der Waals surface area contributed by atoms with Gasteiger partial charge in [0, 0.05) is 35.6 Å². The third-order valence-corrected chi connectivity index (χ3v) is 4.15. The van der Waals surface area contributed by atoms with E-state index in [9.17, 15) is 18.0 Å². The van der Waals surface area contributed by atoms with E-state index in [-0.39, 0.29) is 24.2 Å². The zero-order chi connectivity index (χ0) is 21.9. The number of amides is 1. The minimum atomic E-state index is -4.42. The predicted octanol–water partition coefficient (Wildman–Crippen LogP) is 3.19. The summed E-state index contributed by atoms with van der Waals surface area (Å²) >= 11 is 0. The maximum absolute atomic E-state index is 12.3. The number of halogens is 3. The maximum Gasteiger partial charge on any atom is 0.422 e. The molecule has 1 N–H and O–H groups in total. The molecule has 0 unspecified atom stereocenters. The van der Waals surface area contributed by atoms with Gasteiger partial charge in [-0.05, 0) is 38.5 Å². The number of rotatable bonds is 7.